The van der Waals surface area contributed by atoms with Gasteiger partial charge in [0.05, 0.1) is 11.2 Å². The number of para-hydroxylation sites is 2. The molecule has 0 aliphatic carbocycles. The molecule has 0 fully saturated rings. The monoisotopic (exact) mass is 308 g/mol. The van der Waals surface area contributed by atoms with Crippen LogP contribution >= 0.6 is 11.6 Å². The van der Waals surface area contributed by atoms with Crippen molar-refractivity contribution in [3.05, 3.63) is 64.3 Å². The van der Waals surface area contributed by atoms with Crippen molar-refractivity contribution in [1.29, 1.82) is 0 Å². The zero-order valence-electron chi connectivity index (χ0n) is 12.7. The molecule has 110 valence electrons. The number of aromatic nitrogens is 1. The number of nitrogens with zero attached hydrogens (tertiary/aromatic N) is 2. The van der Waals surface area contributed by atoms with Crippen LogP contribution in [0.15, 0.2) is 42.5 Å². The molecule has 3 heteroatoms. The molecule has 2 heterocycles. The molecule has 0 saturated carbocycles. The number of halogens is 1. The highest BCUT2D eigenvalue weighted by Crippen LogP contribution is 2.43. The lowest BCUT2D eigenvalue weighted by Gasteiger charge is -2.23. The first-order chi connectivity index (χ1) is 10.7. The molecule has 0 amide bonds. The molecule has 0 unspecified atom stereocenters. The summed E-state index contributed by atoms with van der Waals surface area (Å²) in [5.41, 5.74) is 7.11. The number of pyridine rings is 1. The average Bonchev–Trinajstić information content (AvgIpc) is 2.95. The van der Waals surface area contributed by atoms with Crippen molar-refractivity contribution in [2.24, 2.45) is 0 Å². The Labute approximate surface area is 135 Å². The number of anilines is 2. The van der Waals surface area contributed by atoms with E-state index in [-0.39, 0.29) is 0 Å². The topological polar surface area (TPSA) is 16.1 Å². The quantitative estimate of drug-likeness (QED) is 0.574. The number of hydrogen-bond acceptors (Lipinski definition) is 2. The lowest BCUT2D eigenvalue weighted by Crippen LogP contribution is -2.14. The van der Waals surface area contributed by atoms with Crippen LogP contribution in [-0.2, 0) is 6.42 Å². The van der Waals surface area contributed by atoms with Gasteiger partial charge in [0.2, 0.25) is 0 Å². The molecule has 4 rings (SSSR count). The lowest BCUT2D eigenvalue weighted by atomic mass is 10.1. The van der Waals surface area contributed by atoms with Gasteiger partial charge in [-0.1, -0.05) is 48.0 Å². The van der Waals surface area contributed by atoms with Crippen LogP contribution in [0.1, 0.15) is 16.7 Å². The minimum Gasteiger partial charge on any atom is -0.340 e. The third-order valence-electron chi connectivity index (χ3n) is 4.50. The van der Waals surface area contributed by atoms with Crippen molar-refractivity contribution in [3.8, 4) is 0 Å². The summed E-state index contributed by atoms with van der Waals surface area (Å²) in [6.07, 6.45) is 0.944. The summed E-state index contributed by atoms with van der Waals surface area (Å²) in [5.74, 6) is 0. The Kier molecular flexibility index (Phi) is 3.08. The Bertz CT molecular complexity index is 886. The second-order valence-electron chi connectivity index (χ2n) is 5.89. The highest BCUT2D eigenvalue weighted by atomic mass is 35.5. The van der Waals surface area contributed by atoms with Crippen LogP contribution in [0, 0.1) is 13.8 Å². The van der Waals surface area contributed by atoms with Crippen LogP contribution in [0.2, 0.25) is 5.15 Å². The van der Waals surface area contributed by atoms with Gasteiger partial charge in [0.15, 0.2) is 0 Å². The van der Waals surface area contributed by atoms with Crippen LogP contribution in [0.3, 0.4) is 0 Å². The lowest BCUT2D eigenvalue weighted by molar-refractivity contribution is 0.992. The van der Waals surface area contributed by atoms with Gasteiger partial charge in [-0.15, -0.1) is 0 Å². The number of aryl methyl sites for hydroxylation is 2. The molecule has 0 N–H and O–H groups in total. The summed E-state index contributed by atoms with van der Waals surface area (Å²) >= 11 is 6.48. The van der Waals surface area contributed by atoms with E-state index in [1.165, 1.54) is 33.5 Å². The summed E-state index contributed by atoms with van der Waals surface area (Å²) in [5, 5.41) is 1.84. The third-order valence-corrected chi connectivity index (χ3v) is 4.81. The molecule has 1 aromatic heterocycles. The molecule has 0 saturated heterocycles. The second-order valence-corrected chi connectivity index (χ2v) is 6.25. The maximum absolute atomic E-state index is 6.48. The summed E-state index contributed by atoms with van der Waals surface area (Å²) in [4.78, 5) is 7.03. The van der Waals surface area contributed by atoms with E-state index in [4.69, 9.17) is 11.6 Å². The molecular formula is C19H17ClN2. The van der Waals surface area contributed by atoms with E-state index in [9.17, 15) is 0 Å². The highest BCUT2D eigenvalue weighted by Gasteiger charge is 2.27. The Morgan fingerprint density at radius 1 is 1.00 bits per heavy atom. The van der Waals surface area contributed by atoms with E-state index < -0.39 is 0 Å². The maximum Gasteiger partial charge on any atom is 0.135 e. The second kappa shape index (κ2) is 4.99. The molecule has 22 heavy (non-hydrogen) atoms. The molecule has 3 aromatic rings. The summed E-state index contributed by atoms with van der Waals surface area (Å²) in [6, 6.07) is 14.9. The van der Waals surface area contributed by atoms with Crippen molar-refractivity contribution in [1.82, 2.24) is 4.98 Å². The van der Waals surface area contributed by atoms with Gasteiger partial charge in [0.25, 0.3) is 0 Å². The van der Waals surface area contributed by atoms with Gasteiger partial charge in [-0.3, -0.25) is 0 Å². The first kappa shape index (κ1) is 13.6. The van der Waals surface area contributed by atoms with Crippen molar-refractivity contribution in [3.63, 3.8) is 0 Å². The Morgan fingerprint density at radius 3 is 2.59 bits per heavy atom. The molecular weight excluding hydrogens is 292 g/mol. The molecule has 0 spiro atoms. The van der Waals surface area contributed by atoms with E-state index in [1.54, 1.807) is 0 Å². The van der Waals surface area contributed by atoms with Crippen LogP contribution in [0.5, 0.6) is 0 Å². The van der Waals surface area contributed by atoms with Gasteiger partial charge in [-0.05, 0) is 37.5 Å². The predicted molar refractivity (Wildman–Crippen MR) is 93.4 cm³/mol. The van der Waals surface area contributed by atoms with Gasteiger partial charge >= 0.3 is 0 Å². The van der Waals surface area contributed by atoms with Crippen LogP contribution < -0.4 is 4.90 Å². The van der Waals surface area contributed by atoms with Gasteiger partial charge in [0, 0.05) is 23.2 Å². The highest BCUT2D eigenvalue weighted by molar-refractivity contribution is 6.31. The van der Waals surface area contributed by atoms with E-state index in [1.807, 2.05) is 0 Å². The molecule has 0 radical (unpaired) electrons. The SMILES string of the molecule is Cc1ccccc1N1CCc2c(Cl)nc3c(C)cccc3c21. The van der Waals surface area contributed by atoms with Crippen molar-refractivity contribution >= 4 is 33.9 Å². The van der Waals surface area contributed by atoms with Gasteiger partial charge in [-0.2, -0.15) is 0 Å². The zero-order chi connectivity index (χ0) is 15.3. The standard InChI is InChI=1S/C19H17ClN2/c1-12-6-3-4-9-16(12)22-11-10-15-18(22)14-8-5-7-13(2)17(14)21-19(15)20/h3-9H,10-11H2,1-2H3. The number of fused-ring (bicyclic) bond motifs is 3. The Balaban J connectivity index is 2.03. The molecule has 1 aliphatic heterocycles. The van der Waals surface area contributed by atoms with Gasteiger partial charge < -0.3 is 4.90 Å². The average molecular weight is 309 g/mol. The van der Waals surface area contributed by atoms with Crippen LogP contribution in [0.4, 0.5) is 11.4 Å². The molecule has 0 atom stereocenters. The van der Waals surface area contributed by atoms with Crippen molar-refractivity contribution in [2.45, 2.75) is 20.3 Å². The van der Waals surface area contributed by atoms with Crippen LogP contribution in [0.25, 0.3) is 10.9 Å². The van der Waals surface area contributed by atoms with Gasteiger partial charge in [-0.25, -0.2) is 4.98 Å². The summed E-state index contributed by atoms with van der Waals surface area (Å²) in [7, 11) is 0. The first-order valence-corrected chi connectivity index (χ1v) is 7.95. The normalized spacial score (nSPS) is 13.7. The fourth-order valence-electron chi connectivity index (χ4n) is 3.40. The minimum atomic E-state index is 0.646. The molecule has 2 aromatic carbocycles. The summed E-state index contributed by atoms with van der Waals surface area (Å²) in [6.45, 7) is 5.20. The van der Waals surface area contributed by atoms with Crippen molar-refractivity contribution < 1.29 is 0 Å². The maximum atomic E-state index is 6.48. The fourth-order valence-corrected chi connectivity index (χ4v) is 3.67. The predicted octanol–water partition coefficient (Wildman–Crippen LogP) is 5.20. The number of benzene rings is 2. The summed E-state index contributed by atoms with van der Waals surface area (Å²) < 4.78 is 0. The third kappa shape index (κ3) is 1.91. The van der Waals surface area contributed by atoms with E-state index in [0.29, 0.717) is 5.15 Å². The number of hydrogen-bond donors (Lipinski definition) is 0. The molecule has 0 bridgehead atoms. The van der Waals surface area contributed by atoms with E-state index in [0.717, 1.165) is 18.5 Å². The first-order valence-electron chi connectivity index (χ1n) is 7.57. The Hall–Kier alpha value is -2.06. The Morgan fingerprint density at radius 2 is 1.77 bits per heavy atom. The fraction of sp³-hybridized carbons (Fsp3) is 0.211. The zero-order valence-corrected chi connectivity index (χ0v) is 13.5. The van der Waals surface area contributed by atoms with E-state index >= 15 is 0 Å². The van der Waals surface area contributed by atoms with Gasteiger partial charge in [0.1, 0.15) is 5.15 Å². The van der Waals surface area contributed by atoms with Crippen molar-refractivity contribution in [2.75, 3.05) is 11.4 Å². The molecule has 2 nitrogen and oxygen atoms in total. The molecule has 1 aliphatic rings. The van der Waals surface area contributed by atoms with E-state index in [2.05, 4.69) is 66.2 Å². The smallest absolute Gasteiger partial charge is 0.135 e. The number of rotatable bonds is 1. The van der Waals surface area contributed by atoms with Crippen LogP contribution in [-0.4, -0.2) is 11.5 Å². The largest absolute Gasteiger partial charge is 0.340 e. The minimum absolute atomic E-state index is 0.646.